The Kier molecular flexibility index (Phi) is 3.29. The van der Waals surface area contributed by atoms with Gasteiger partial charge in [-0.15, -0.1) is 0 Å². The fourth-order valence-electron chi connectivity index (χ4n) is 1.09. The van der Waals surface area contributed by atoms with Crippen molar-refractivity contribution >= 4 is 0 Å². The Morgan fingerprint density at radius 1 is 1.67 bits per heavy atom. The van der Waals surface area contributed by atoms with Crippen molar-refractivity contribution in [2.24, 2.45) is 5.73 Å². The first-order chi connectivity index (χ1) is 5.72. The van der Waals surface area contributed by atoms with Crippen LogP contribution < -0.4 is 5.73 Å². The zero-order valence-electron chi connectivity index (χ0n) is 7.83. The minimum atomic E-state index is 0.275. The molecule has 1 unspecified atom stereocenters. The van der Waals surface area contributed by atoms with E-state index in [0.29, 0.717) is 0 Å². The minimum absolute atomic E-state index is 0.275. The van der Waals surface area contributed by atoms with Crippen molar-refractivity contribution in [2.75, 3.05) is 0 Å². The molecule has 0 radical (unpaired) electrons. The molecule has 0 saturated carbocycles. The van der Waals surface area contributed by atoms with Gasteiger partial charge in [-0.1, -0.05) is 0 Å². The molecule has 1 heterocycles. The smallest absolute Gasteiger partial charge is 0.0625 e. The van der Waals surface area contributed by atoms with Crippen molar-refractivity contribution in [3.05, 3.63) is 18.0 Å². The van der Waals surface area contributed by atoms with Crippen molar-refractivity contribution in [1.29, 1.82) is 0 Å². The third-order valence-electron chi connectivity index (χ3n) is 1.88. The normalized spacial score (nSPS) is 13.2. The fourth-order valence-corrected chi connectivity index (χ4v) is 1.09. The van der Waals surface area contributed by atoms with Crippen molar-refractivity contribution in [3.8, 4) is 0 Å². The maximum Gasteiger partial charge on any atom is 0.0625 e. The topological polar surface area (TPSA) is 43.8 Å². The van der Waals surface area contributed by atoms with Gasteiger partial charge in [-0.25, -0.2) is 0 Å². The first-order valence-corrected chi connectivity index (χ1v) is 4.50. The monoisotopic (exact) mass is 167 g/mol. The molecule has 0 aliphatic carbocycles. The summed E-state index contributed by atoms with van der Waals surface area (Å²) in [6, 6.07) is 2.34. The van der Waals surface area contributed by atoms with Crippen molar-refractivity contribution in [3.63, 3.8) is 0 Å². The molecule has 1 aromatic heterocycles. The summed E-state index contributed by atoms with van der Waals surface area (Å²) < 4.78 is 1.94. The van der Waals surface area contributed by atoms with E-state index in [1.54, 1.807) is 0 Å². The lowest BCUT2D eigenvalue weighted by Crippen LogP contribution is -2.15. The quantitative estimate of drug-likeness (QED) is 0.732. The molecule has 0 saturated heterocycles. The summed E-state index contributed by atoms with van der Waals surface area (Å²) >= 11 is 0. The lowest BCUT2D eigenvalue weighted by molar-refractivity contribution is 0.619. The molecule has 0 bridgehead atoms. The van der Waals surface area contributed by atoms with Gasteiger partial charge in [0.2, 0.25) is 0 Å². The molecule has 0 aliphatic rings. The number of rotatable bonds is 4. The lowest BCUT2D eigenvalue weighted by Gasteiger charge is -2.01. The van der Waals surface area contributed by atoms with Crippen LogP contribution in [0.1, 0.15) is 26.0 Å². The average molecular weight is 167 g/mol. The van der Waals surface area contributed by atoms with E-state index < -0.39 is 0 Å². The second kappa shape index (κ2) is 4.26. The summed E-state index contributed by atoms with van der Waals surface area (Å²) in [6.07, 6.45) is 4.02. The van der Waals surface area contributed by atoms with Gasteiger partial charge in [0.05, 0.1) is 5.69 Å². The highest BCUT2D eigenvalue weighted by Gasteiger charge is 1.99. The fraction of sp³-hybridized carbons (Fsp3) is 0.667. The van der Waals surface area contributed by atoms with Gasteiger partial charge < -0.3 is 5.73 Å². The van der Waals surface area contributed by atoms with E-state index in [0.717, 1.165) is 25.1 Å². The molecule has 3 heteroatoms. The Balaban J connectivity index is 2.41. The van der Waals surface area contributed by atoms with Crippen LogP contribution in [0.15, 0.2) is 12.3 Å². The number of hydrogen-bond acceptors (Lipinski definition) is 2. The molecule has 0 amide bonds. The molecular weight excluding hydrogens is 150 g/mol. The van der Waals surface area contributed by atoms with Crippen LogP contribution in [0.5, 0.6) is 0 Å². The van der Waals surface area contributed by atoms with Gasteiger partial charge in [0, 0.05) is 18.8 Å². The number of nitrogens with two attached hydrogens (primary N) is 1. The first kappa shape index (κ1) is 9.26. The molecule has 0 aliphatic heterocycles. The highest BCUT2D eigenvalue weighted by Crippen LogP contribution is 2.01. The van der Waals surface area contributed by atoms with E-state index in [9.17, 15) is 0 Å². The Bertz CT molecular complexity index is 227. The molecule has 12 heavy (non-hydrogen) atoms. The predicted molar refractivity (Wildman–Crippen MR) is 49.9 cm³/mol. The summed E-state index contributed by atoms with van der Waals surface area (Å²) in [4.78, 5) is 0. The molecule has 0 fully saturated rings. The minimum Gasteiger partial charge on any atom is -0.328 e. The molecule has 0 aromatic carbocycles. The molecule has 1 rings (SSSR count). The van der Waals surface area contributed by atoms with Crippen LogP contribution in [0, 0.1) is 0 Å². The maximum absolute atomic E-state index is 5.64. The number of aryl methyl sites for hydroxylation is 2. The van der Waals surface area contributed by atoms with Crippen LogP contribution in [0.25, 0.3) is 0 Å². The van der Waals surface area contributed by atoms with Crippen molar-refractivity contribution < 1.29 is 0 Å². The largest absolute Gasteiger partial charge is 0.328 e. The van der Waals surface area contributed by atoms with E-state index >= 15 is 0 Å². The van der Waals surface area contributed by atoms with E-state index in [-0.39, 0.29) is 6.04 Å². The molecule has 1 aromatic rings. The predicted octanol–water partition coefficient (Wildman–Crippen LogP) is 1.18. The molecule has 2 N–H and O–H groups in total. The Hall–Kier alpha value is -0.830. The highest BCUT2D eigenvalue weighted by molar-refractivity contribution is 4.99. The Morgan fingerprint density at radius 3 is 2.92 bits per heavy atom. The molecule has 3 nitrogen and oxygen atoms in total. The van der Waals surface area contributed by atoms with E-state index in [1.807, 2.05) is 17.8 Å². The zero-order valence-corrected chi connectivity index (χ0v) is 7.83. The van der Waals surface area contributed by atoms with Crippen LogP contribution in [0.2, 0.25) is 0 Å². The molecular formula is C9H17N3. The van der Waals surface area contributed by atoms with E-state index in [4.69, 9.17) is 5.73 Å². The van der Waals surface area contributed by atoms with Crippen LogP contribution in [0.3, 0.4) is 0 Å². The van der Waals surface area contributed by atoms with Crippen molar-refractivity contribution in [2.45, 2.75) is 39.3 Å². The first-order valence-electron chi connectivity index (χ1n) is 4.50. The number of hydrogen-bond donors (Lipinski definition) is 1. The van der Waals surface area contributed by atoms with Gasteiger partial charge in [-0.05, 0) is 32.8 Å². The Labute approximate surface area is 73.6 Å². The second-order valence-corrected chi connectivity index (χ2v) is 3.18. The van der Waals surface area contributed by atoms with Crippen LogP contribution in [-0.2, 0) is 13.0 Å². The van der Waals surface area contributed by atoms with Gasteiger partial charge in [-0.2, -0.15) is 5.10 Å². The third kappa shape index (κ3) is 2.66. The van der Waals surface area contributed by atoms with Gasteiger partial charge >= 0.3 is 0 Å². The van der Waals surface area contributed by atoms with Crippen LogP contribution in [-0.4, -0.2) is 15.8 Å². The van der Waals surface area contributed by atoms with E-state index in [2.05, 4.69) is 18.1 Å². The van der Waals surface area contributed by atoms with Crippen molar-refractivity contribution in [1.82, 2.24) is 9.78 Å². The van der Waals surface area contributed by atoms with Gasteiger partial charge in [0.15, 0.2) is 0 Å². The average Bonchev–Trinajstić information content (AvgIpc) is 2.48. The van der Waals surface area contributed by atoms with Crippen LogP contribution in [0.4, 0.5) is 0 Å². The van der Waals surface area contributed by atoms with Crippen LogP contribution >= 0.6 is 0 Å². The molecule has 0 spiro atoms. The maximum atomic E-state index is 5.64. The Morgan fingerprint density at radius 2 is 2.42 bits per heavy atom. The lowest BCUT2D eigenvalue weighted by atomic mass is 10.1. The summed E-state index contributed by atoms with van der Waals surface area (Å²) in [5.74, 6) is 0. The number of nitrogens with zero attached hydrogens (tertiary/aromatic N) is 2. The number of aromatic nitrogens is 2. The van der Waals surface area contributed by atoms with Gasteiger partial charge in [-0.3, -0.25) is 4.68 Å². The zero-order chi connectivity index (χ0) is 8.97. The summed E-state index contributed by atoms with van der Waals surface area (Å²) in [5, 5.41) is 4.36. The standard InChI is InChI=1S/C9H17N3/c1-3-12-7-6-9(11-12)5-4-8(2)10/h6-8H,3-5,10H2,1-2H3. The summed E-state index contributed by atoms with van der Waals surface area (Å²) in [7, 11) is 0. The van der Waals surface area contributed by atoms with E-state index in [1.165, 1.54) is 0 Å². The SMILES string of the molecule is CCn1ccc(CCC(C)N)n1. The third-order valence-corrected chi connectivity index (χ3v) is 1.88. The molecule has 1 atom stereocenters. The second-order valence-electron chi connectivity index (χ2n) is 3.18. The van der Waals surface area contributed by atoms with Gasteiger partial charge in [0.25, 0.3) is 0 Å². The highest BCUT2D eigenvalue weighted by atomic mass is 15.3. The van der Waals surface area contributed by atoms with Gasteiger partial charge in [0.1, 0.15) is 0 Å². The summed E-state index contributed by atoms with van der Waals surface area (Å²) in [6.45, 7) is 5.05. The summed E-state index contributed by atoms with van der Waals surface area (Å²) in [5.41, 5.74) is 6.79. The molecule has 68 valence electrons.